The number of aromatic nitrogens is 2. The van der Waals surface area contributed by atoms with Gasteiger partial charge in [0.15, 0.2) is 0 Å². The zero-order chi connectivity index (χ0) is 13.5. The summed E-state index contributed by atoms with van der Waals surface area (Å²) in [5, 5.41) is 9.22. The lowest BCUT2D eigenvalue weighted by atomic mass is 10.1. The van der Waals surface area contributed by atoms with E-state index in [0.717, 1.165) is 41.4 Å². The fourth-order valence-electron chi connectivity index (χ4n) is 2.24. The van der Waals surface area contributed by atoms with Crippen molar-refractivity contribution >= 4 is 0 Å². The number of nitrogens with one attached hydrogen (secondary N) is 1. The fraction of sp³-hybridized carbons (Fsp3) is 0.333. The third kappa shape index (κ3) is 1.88. The Bertz CT molecular complexity index is 645. The van der Waals surface area contributed by atoms with Crippen molar-refractivity contribution < 1.29 is 4.74 Å². The summed E-state index contributed by atoms with van der Waals surface area (Å²) >= 11 is 0. The Labute approximate surface area is 112 Å². The Balaban J connectivity index is 1.99. The fourth-order valence-corrected chi connectivity index (χ4v) is 2.24. The lowest BCUT2D eigenvalue weighted by Gasteiger charge is -2.02. The number of aromatic amines is 1. The number of imidazole rings is 1. The molecule has 0 aliphatic heterocycles. The second-order valence-corrected chi connectivity index (χ2v) is 4.98. The van der Waals surface area contributed by atoms with Gasteiger partial charge >= 0.3 is 0 Å². The Morgan fingerprint density at radius 3 is 2.53 bits per heavy atom. The first-order valence-corrected chi connectivity index (χ1v) is 6.31. The van der Waals surface area contributed by atoms with Gasteiger partial charge in [-0.1, -0.05) is 0 Å². The van der Waals surface area contributed by atoms with E-state index in [-0.39, 0.29) is 5.41 Å². The van der Waals surface area contributed by atoms with Crippen LogP contribution in [-0.4, -0.2) is 17.1 Å². The Hall–Kier alpha value is -2.28. The number of hydrogen-bond donors (Lipinski definition) is 1. The van der Waals surface area contributed by atoms with Crippen LogP contribution in [0.1, 0.15) is 24.4 Å². The molecule has 0 saturated heterocycles. The van der Waals surface area contributed by atoms with Crippen molar-refractivity contribution in [3.05, 3.63) is 35.8 Å². The SMILES string of the molecule is COc1ccc(-c2nc(C3(C#N)CC3)[nH]c2C)cc1. The molecular weight excluding hydrogens is 238 g/mol. The highest BCUT2D eigenvalue weighted by atomic mass is 16.5. The summed E-state index contributed by atoms with van der Waals surface area (Å²) < 4.78 is 5.15. The summed E-state index contributed by atoms with van der Waals surface area (Å²) in [6, 6.07) is 10.2. The van der Waals surface area contributed by atoms with Crippen molar-refractivity contribution in [1.82, 2.24) is 9.97 Å². The molecule has 2 aromatic rings. The summed E-state index contributed by atoms with van der Waals surface area (Å²) in [6.07, 6.45) is 1.80. The number of benzene rings is 1. The summed E-state index contributed by atoms with van der Waals surface area (Å²) in [4.78, 5) is 7.88. The zero-order valence-corrected chi connectivity index (χ0v) is 11.0. The number of nitrogens with zero attached hydrogens (tertiary/aromatic N) is 2. The highest BCUT2D eigenvalue weighted by Crippen LogP contribution is 2.46. The molecule has 1 aliphatic rings. The minimum absolute atomic E-state index is 0.366. The molecule has 0 unspecified atom stereocenters. The molecule has 1 heterocycles. The molecule has 4 nitrogen and oxygen atoms in total. The first-order chi connectivity index (χ1) is 9.18. The molecule has 1 saturated carbocycles. The number of rotatable bonds is 3. The summed E-state index contributed by atoms with van der Waals surface area (Å²) in [5.41, 5.74) is 2.59. The van der Waals surface area contributed by atoms with Crippen LogP contribution >= 0.6 is 0 Å². The molecule has 0 bridgehead atoms. The molecule has 0 atom stereocenters. The molecule has 1 aliphatic carbocycles. The van der Waals surface area contributed by atoms with Crippen molar-refractivity contribution in [3.63, 3.8) is 0 Å². The van der Waals surface area contributed by atoms with E-state index in [9.17, 15) is 5.26 Å². The lowest BCUT2D eigenvalue weighted by Crippen LogP contribution is -2.04. The summed E-state index contributed by atoms with van der Waals surface area (Å²) in [6.45, 7) is 1.99. The molecule has 19 heavy (non-hydrogen) atoms. The van der Waals surface area contributed by atoms with E-state index in [0.29, 0.717) is 0 Å². The largest absolute Gasteiger partial charge is 0.497 e. The molecule has 4 heteroatoms. The third-order valence-corrected chi connectivity index (χ3v) is 3.67. The van der Waals surface area contributed by atoms with E-state index in [2.05, 4.69) is 16.0 Å². The minimum atomic E-state index is -0.366. The smallest absolute Gasteiger partial charge is 0.127 e. The van der Waals surface area contributed by atoms with Crippen molar-refractivity contribution in [2.24, 2.45) is 0 Å². The highest BCUT2D eigenvalue weighted by Gasteiger charge is 2.48. The summed E-state index contributed by atoms with van der Waals surface area (Å²) in [7, 11) is 1.65. The lowest BCUT2D eigenvalue weighted by molar-refractivity contribution is 0.415. The average Bonchev–Trinajstić information content (AvgIpc) is 3.16. The number of hydrogen-bond acceptors (Lipinski definition) is 3. The second-order valence-electron chi connectivity index (χ2n) is 4.98. The monoisotopic (exact) mass is 253 g/mol. The maximum atomic E-state index is 9.22. The van der Waals surface area contributed by atoms with Crippen LogP contribution in [0.3, 0.4) is 0 Å². The standard InChI is InChI=1S/C15H15N3O/c1-10-13(11-3-5-12(19-2)6-4-11)18-14(17-10)15(9-16)7-8-15/h3-6H,7-8H2,1-2H3,(H,17,18). The second kappa shape index (κ2) is 4.13. The van der Waals surface area contributed by atoms with E-state index >= 15 is 0 Å². The van der Waals surface area contributed by atoms with Crippen LogP contribution in [0.25, 0.3) is 11.3 Å². The maximum Gasteiger partial charge on any atom is 0.127 e. The van der Waals surface area contributed by atoms with Gasteiger partial charge < -0.3 is 9.72 Å². The average molecular weight is 253 g/mol. The number of methoxy groups -OCH3 is 1. The zero-order valence-electron chi connectivity index (χ0n) is 11.0. The van der Waals surface area contributed by atoms with Gasteiger partial charge in [0.1, 0.15) is 17.0 Å². The summed E-state index contributed by atoms with van der Waals surface area (Å²) in [5.74, 6) is 1.63. The number of ether oxygens (including phenoxy) is 1. The molecule has 1 aromatic carbocycles. The molecule has 0 spiro atoms. The quantitative estimate of drug-likeness (QED) is 0.914. The van der Waals surface area contributed by atoms with Gasteiger partial charge in [0, 0.05) is 11.3 Å². The van der Waals surface area contributed by atoms with Crippen LogP contribution in [0.15, 0.2) is 24.3 Å². The van der Waals surface area contributed by atoms with Crippen molar-refractivity contribution in [2.45, 2.75) is 25.2 Å². The molecule has 0 radical (unpaired) electrons. The highest BCUT2D eigenvalue weighted by molar-refractivity contribution is 5.63. The number of aryl methyl sites for hydroxylation is 1. The molecular formula is C15H15N3O. The van der Waals surface area contributed by atoms with Crippen LogP contribution in [0.4, 0.5) is 0 Å². The number of H-pyrrole nitrogens is 1. The van der Waals surface area contributed by atoms with Crippen LogP contribution in [0, 0.1) is 18.3 Å². The van der Waals surface area contributed by atoms with Gasteiger partial charge in [-0.3, -0.25) is 0 Å². The molecule has 96 valence electrons. The molecule has 0 amide bonds. The van der Waals surface area contributed by atoms with Gasteiger partial charge in [0.05, 0.1) is 18.9 Å². The predicted molar refractivity (Wildman–Crippen MR) is 71.8 cm³/mol. The number of nitriles is 1. The first-order valence-electron chi connectivity index (χ1n) is 6.31. The van der Waals surface area contributed by atoms with Crippen LogP contribution in [-0.2, 0) is 5.41 Å². The van der Waals surface area contributed by atoms with Gasteiger partial charge in [-0.05, 0) is 44.0 Å². The normalized spacial score (nSPS) is 15.8. The van der Waals surface area contributed by atoms with E-state index in [4.69, 9.17) is 4.74 Å². The van der Waals surface area contributed by atoms with Gasteiger partial charge in [-0.25, -0.2) is 4.98 Å². The maximum absolute atomic E-state index is 9.22. The predicted octanol–water partition coefficient (Wildman–Crippen LogP) is 2.95. The van der Waals surface area contributed by atoms with Gasteiger partial charge in [0.2, 0.25) is 0 Å². The Morgan fingerprint density at radius 1 is 1.32 bits per heavy atom. The topological polar surface area (TPSA) is 61.7 Å². The van der Waals surface area contributed by atoms with Crippen LogP contribution in [0.2, 0.25) is 0 Å². The van der Waals surface area contributed by atoms with Crippen LogP contribution < -0.4 is 4.74 Å². The van der Waals surface area contributed by atoms with Gasteiger partial charge in [-0.2, -0.15) is 5.26 Å². The van der Waals surface area contributed by atoms with Crippen molar-refractivity contribution in [2.75, 3.05) is 7.11 Å². The van der Waals surface area contributed by atoms with E-state index in [1.165, 1.54) is 0 Å². The van der Waals surface area contributed by atoms with Gasteiger partial charge in [-0.15, -0.1) is 0 Å². The molecule has 1 aromatic heterocycles. The van der Waals surface area contributed by atoms with E-state index < -0.39 is 0 Å². The minimum Gasteiger partial charge on any atom is -0.497 e. The molecule has 3 rings (SSSR count). The molecule has 1 fully saturated rings. The molecule has 1 N–H and O–H groups in total. The van der Waals surface area contributed by atoms with Crippen LogP contribution in [0.5, 0.6) is 5.75 Å². The first kappa shape index (κ1) is 11.8. The van der Waals surface area contributed by atoms with Gasteiger partial charge in [0.25, 0.3) is 0 Å². The third-order valence-electron chi connectivity index (χ3n) is 3.67. The van der Waals surface area contributed by atoms with Crippen molar-refractivity contribution in [3.8, 4) is 23.1 Å². The van der Waals surface area contributed by atoms with E-state index in [1.54, 1.807) is 7.11 Å². The van der Waals surface area contributed by atoms with E-state index in [1.807, 2.05) is 31.2 Å². The Kier molecular flexibility index (Phi) is 2.56. The van der Waals surface area contributed by atoms with Crippen molar-refractivity contribution in [1.29, 1.82) is 5.26 Å². The Morgan fingerprint density at radius 2 is 2.00 bits per heavy atom.